The van der Waals surface area contributed by atoms with Gasteiger partial charge in [-0.15, -0.1) is 6.58 Å². The minimum absolute atomic E-state index is 0.0974. The van der Waals surface area contributed by atoms with Crippen molar-refractivity contribution < 1.29 is 9.90 Å². The number of carbonyl (C=O) groups excluding carboxylic acids is 1. The summed E-state index contributed by atoms with van der Waals surface area (Å²) >= 11 is 0. The summed E-state index contributed by atoms with van der Waals surface area (Å²) in [7, 11) is 0. The third-order valence-corrected chi connectivity index (χ3v) is 9.64. The summed E-state index contributed by atoms with van der Waals surface area (Å²) in [5, 5.41) is 10.6. The molecule has 0 spiro atoms. The third-order valence-electron chi connectivity index (χ3n) is 9.64. The highest BCUT2D eigenvalue weighted by Gasteiger charge is 2.62. The normalized spacial score (nSPS) is 53.5. The molecule has 1 N–H and O–H groups in total. The Balaban J connectivity index is 1.70. The van der Waals surface area contributed by atoms with Crippen molar-refractivity contribution >= 4 is 5.78 Å². The molecule has 25 heavy (non-hydrogen) atoms. The number of allylic oxidation sites excluding steroid dienone is 1. The molecule has 0 amide bonds. The van der Waals surface area contributed by atoms with Crippen molar-refractivity contribution in [1.82, 2.24) is 0 Å². The smallest absolute Gasteiger partial charge is 0.133 e. The molecule has 4 unspecified atom stereocenters. The van der Waals surface area contributed by atoms with Crippen LogP contribution >= 0.6 is 0 Å². The van der Waals surface area contributed by atoms with Crippen molar-refractivity contribution in [2.75, 3.05) is 0 Å². The number of rotatable bonds is 2. The molecule has 0 aromatic rings. The number of ketones is 1. The Morgan fingerprint density at radius 3 is 2.60 bits per heavy atom. The summed E-state index contributed by atoms with van der Waals surface area (Å²) in [6.45, 7) is 11.2. The van der Waals surface area contributed by atoms with Crippen LogP contribution < -0.4 is 0 Å². The highest BCUT2D eigenvalue weighted by molar-refractivity contribution is 5.80. The van der Waals surface area contributed by atoms with E-state index in [1.807, 2.05) is 0 Å². The fourth-order valence-corrected chi connectivity index (χ4v) is 8.08. The van der Waals surface area contributed by atoms with Crippen LogP contribution in [0.25, 0.3) is 0 Å². The second kappa shape index (κ2) is 5.94. The molecule has 0 aromatic carbocycles. The molecular formula is C23H36O2. The number of hydrogen-bond acceptors (Lipinski definition) is 2. The van der Waals surface area contributed by atoms with Gasteiger partial charge in [0.2, 0.25) is 0 Å². The summed E-state index contributed by atoms with van der Waals surface area (Å²) < 4.78 is 0. The molecular weight excluding hydrogens is 308 g/mol. The molecule has 0 bridgehead atoms. The standard InChI is InChI=1S/C23H36O2/c1-5-14(2)20-13-16(24)12-15-6-7-17-18-8-9-21(25)22(18,3)11-10-19(17)23(15,20)4/h5,14-15,17-21,25H,1,6-13H2,2-4H3/t14?,15?,17-,18-,19+,20?,21?,22-,23-/m0/s1. The molecule has 0 radical (unpaired) electrons. The summed E-state index contributed by atoms with van der Waals surface area (Å²) in [6.07, 6.45) is 10.7. The maximum atomic E-state index is 12.5. The van der Waals surface area contributed by atoms with Crippen molar-refractivity contribution in [1.29, 1.82) is 0 Å². The van der Waals surface area contributed by atoms with E-state index < -0.39 is 0 Å². The fourth-order valence-electron chi connectivity index (χ4n) is 8.08. The van der Waals surface area contributed by atoms with E-state index in [2.05, 4.69) is 33.4 Å². The number of hydrogen-bond donors (Lipinski definition) is 1. The number of aliphatic hydroxyl groups is 1. The van der Waals surface area contributed by atoms with Gasteiger partial charge in [-0.2, -0.15) is 0 Å². The highest BCUT2D eigenvalue weighted by atomic mass is 16.3. The van der Waals surface area contributed by atoms with Gasteiger partial charge in [-0.05, 0) is 84.9 Å². The lowest BCUT2D eigenvalue weighted by Crippen LogP contribution is -2.58. The minimum atomic E-state index is -0.0974. The van der Waals surface area contributed by atoms with Crippen LogP contribution in [0.15, 0.2) is 12.7 Å². The van der Waals surface area contributed by atoms with Crippen molar-refractivity contribution in [3.8, 4) is 0 Å². The van der Waals surface area contributed by atoms with E-state index in [0.29, 0.717) is 29.5 Å². The summed E-state index contributed by atoms with van der Waals surface area (Å²) in [5.74, 6) is 4.10. The second-order valence-electron chi connectivity index (χ2n) is 10.3. The summed E-state index contributed by atoms with van der Waals surface area (Å²) in [6, 6.07) is 0. The summed E-state index contributed by atoms with van der Waals surface area (Å²) in [4.78, 5) is 12.5. The van der Waals surface area contributed by atoms with Gasteiger partial charge in [0.05, 0.1) is 6.10 Å². The molecule has 0 aliphatic heterocycles. The Morgan fingerprint density at radius 2 is 1.88 bits per heavy atom. The zero-order valence-corrected chi connectivity index (χ0v) is 16.3. The first-order valence-electron chi connectivity index (χ1n) is 10.6. The molecule has 4 rings (SSSR count). The van der Waals surface area contributed by atoms with E-state index in [4.69, 9.17) is 0 Å². The number of fused-ring (bicyclic) bond motifs is 5. The zero-order chi connectivity index (χ0) is 18.0. The van der Waals surface area contributed by atoms with Crippen LogP contribution in [-0.4, -0.2) is 17.0 Å². The SMILES string of the molecule is C=CC(C)C1CC(=O)CC2CC[C@@H]3[C@@H](CC[C@]4(C)C(O)CC[C@@H]34)[C@]21C. The van der Waals surface area contributed by atoms with Gasteiger partial charge < -0.3 is 5.11 Å². The van der Waals surface area contributed by atoms with E-state index in [-0.39, 0.29) is 16.9 Å². The Hall–Kier alpha value is -0.630. The van der Waals surface area contributed by atoms with E-state index in [1.54, 1.807) is 0 Å². The molecule has 4 saturated carbocycles. The topological polar surface area (TPSA) is 37.3 Å². The molecule has 0 aromatic heterocycles. The minimum Gasteiger partial charge on any atom is -0.393 e. The van der Waals surface area contributed by atoms with Crippen molar-refractivity contribution in [2.24, 2.45) is 46.3 Å². The van der Waals surface area contributed by atoms with Crippen molar-refractivity contribution in [2.45, 2.75) is 78.2 Å². The number of aliphatic hydroxyl groups excluding tert-OH is 1. The van der Waals surface area contributed by atoms with Crippen LogP contribution in [-0.2, 0) is 4.79 Å². The van der Waals surface area contributed by atoms with Gasteiger partial charge in [-0.25, -0.2) is 0 Å². The van der Waals surface area contributed by atoms with Crippen molar-refractivity contribution in [3.63, 3.8) is 0 Å². The average Bonchev–Trinajstić information content (AvgIpc) is 2.89. The molecule has 140 valence electrons. The molecule has 9 atom stereocenters. The Morgan fingerprint density at radius 1 is 1.12 bits per heavy atom. The predicted molar refractivity (Wildman–Crippen MR) is 101 cm³/mol. The van der Waals surface area contributed by atoms with Gasteiger partial charge in [0, 0.05) is 12.8 Å². The lowest BCUT2D eigenvalue weighted by Gasteiger charge is -2.63. The Labute approximate surface area is 153 Å². The first kappa shape index (κ1) is 17.8. The monoisotopic (exact) mass is 344 g/mol. The molecule has 2 nitrogen and oxygen atoms in total. The molecule has 4 aliphatic rings. The molecule has 0 heterocycles. The van der Waals surface area contributed by atoms with Crippen molar-refractivity contribution in [3.05, 3.63) is 12.7 Å². The highest BCUT2D eigenvalue weighted by Crippen LogP contribution is 2.67. The quantitative estimate of drug-likeness (QED) is 0.715. The van der Waals surface area contributed by atoms with Gasteiger partial charge in [-0.1, -0.05) is 26.8 Å². The van der Waals surface area contributed by atoms with Crippen LogP contribution in [0.4, 0.5) is 0 Å². The Bertz CT molecular complexity index is 568. The first-order chi connectivity index (χ1) is 11.8. The zero-order valence-electron chi connectivity index (χ0n) is 16.3. The summed E-state index contributed by atoms with van der Waals surface area (Å²) in [5.41, 5.74) is 0.424. The molecule has 4 aliphatic carbocycles. The second-order valence-corrected chi connectivity index (χ2v) is 10.3. The fraction of sp³-hybridized carbons (Fsp3) is 0.870. The van der Waals surface area contributed by atoms with Crippen LogP contribution in [0.2, 0.25) is 0 Å². The maximum absolute atomic E-state index is 12.5. The largest absolute Gasteiger partial charge is 0.393 e. The van der Waals surface area contributed by atoms with Gasteiger partial charge in [0.1, 0.15) is 5.78 Å². The molecule has 2 heteroatoms. The third kappa shape index (κ3) is 2.35. The molecule has 0 saturated heterocycles. The lowest BCUT2D eigenvalue weighted by molar-refractivity contribution is -0.161. The van der Waals surface area contributed by atoms with Crippen LogP contribution in [0.1, 0.15) is 72.1 Å². The molecule has 4 fully saturated rings. The Kier molecular flexibility index (Phi) is 4.22. The van der Waals surface area contributed by atoms with E-state index >= 15 is 0 Å². The van der Waals surface area contributed by atoms with Gasteiger partial charge in [0.25, 0.3) is 0 Å². The van der Waals surface area contributed by atoms with E-state index in [1.165, 1.54) is 32.1 Å². The van der Waals surface area contributed by atoms with Gasteiger partial charge in [0.15, 0.2) is 0 Å². The van der Waals surface area contributed by atoms with Gasteiger partial charge >= 0.3 is 0 Å². The lowest BCUT2D eigenvalue weighted by atomic mass is 9.41. The van der Waals surface area contributed by atoms with Crippen LogP contribution in [0, 0.1) is 46.3 Å². The number of carbonyl (C=O) groups is 1. The predicted octanol–water partition coefficient (Wildman–Crippen LogP) is 5.01. The van der Waals surface area contributed by atoms with Gasteiger partial charge in [-0.3, -0.25) is 4.79 Å². The maximum Gasteiger partial charge on any atom is 0.133 e. The first-order valence-corrected chi connectivity index (χ1v) is 10.6. The van der Waals surface area contributed by atoms with Crippen LogP contribution in [0.5, 0.6) is 0 Å². The van der Waals surface area contributed by atoms with E-state index in [9.17, 15) is 9.90 Å². The number of Topliss-reactive ketones (excluding diaryl/α,β-unsaturated/α-hetero) is 1. The van der Waals surface area contributed by atoms with E-state index in [0.717, 1.165) is 31.1 Å². The average molecular weight is 345 g/mol. The van der Waals surface area contributed by atoms with Crippen LogP contribution in [0.3, 0.4) is 0 Å².